The summed E-state index contributed by atoms with van der Waals surface area (Å²) in [5.74, 6) is 0.0187. The largest absolute Gasteiger partial charge is 0.456 e. The Morgan fingerprint density at radius 2 is 0.747 bits per heavy atom. The molecule has 18 rings (SSSR count). The molecule has 83 heavy (non-hydrogen) atoms. The van der Waals surface area contributed by atoms with E-state index in [-0.39, 0.29) is 5.78 Å². The zero-order valence-electron chi connectivity index (χ0n) is 43.7. The standard InChI is InChI=1S/C37H21BrO3.C25H11BrO3.C12H9Br/c38-28-20-27-35(36-32(28)23-13-5-9-17-30(23)41-36)34-26(18-19-31-33(34)24-14-6-8-16-29(24)40-31)37(27,39)25-15-7-4-12-22(25)21-10-2-1-3-11-21;26-16-11-15-23(25-20(16)12-5-1-4-8-18(12)29-25)22-14(24(15)27)9-10-19-21(22)13-6-2-3-7-17(13)28-19;13-12-9-5-4-8-11(12)10-6-2-1-3-7-10/h1-20,39H;1-11H;1-9H. The molecule has 0 fully saturated rings. The Balaban J connectivity index is 0.000000116. The highest BCUT2D eigenvalue weighted by atomic mass is 79.9. The van der Waals surface area contributed by atoms with Gasteiger partial charge in [-0.1, -0.05) is 198 Å². The zero-order chi connectivity index (χ0) is 55.7. The van der Waals surface area contributed by atoms with Crippen LogP contribution in [0.1, 0.15) is 32.6 Å². The maximum atomic E-state index is 13.3. The number of halogens is 3. The average Bonchev–Trinajstić information content (AvgIpc) is 4.29. The van der Waals surface area contributed by atoms with E-state index in [0.29, 0.717) is 11.1 Å². The minimum Gasteiger partial charge on any atom is -0.456 e. The molecule has 0 saturated heterocycles. The molecule has 0 bridgehead atoms. The lowest BCUT2D eigenvalue weighted by molar-refractivity contribution is 0.104. The number of fused-ring (bicyclic) bond motifs is 22. The van der Waals surface area contributed by atoms with E-state index < -0.39 is 5.60 Å². The van der Waals surface area contributed by atoms with Gasteiger partial charge < -0.3 is 22.8 Å². The molecule has 1 N–H and O–H groups in total. The molecule has 0 amide bonds. The van der Waals surface area contributed by atoms with Crippen LogP contribution in [-0.4, -0.2) is 10.9 Å². The average molecular weight is 1270 g/mol. The van der Waals surface area contributed by atoms with Crippen molar-refractivity contribution in [1.29, 1.82) is 0 Å². The molecular weight excluding hydrogens is 1220 g/mol. The summed E-state index contributed by atoms with van der Waals surface area (Å²) in [7, 11) is 0. The molecule has 1 atom stereocenters. The topological polar surface area (TPSA) is 89.9 Å². The van der Waals surface area contributed by atoms with Gasteiger partial charge in [0, 0.05) is 107 Å². The fourth-order valence-electron chi connectivity index (χ4n) is 12.9. The minimum atomic E-state index is -1.45. The van der Waals surface area contributed by atoms with Crippen LogP contribution in [0, 0.1) is 0 Å². The van der Waals surface area contributed by atoms with Crippen LogP contribution >= 0.6 is 47.8 Å². The summed E-state index contributed by atoms with van der Waals surface area (Å²) in [6, 6.07) is 80.8. The van der Waals surface area contributed by atoms with Crippen LogP contribution < -0.4 is 0 Å². The lowest BCUT2D eigenvalue weighted by Gasteiger charge is -2.29. The summed E-state index contributed by atoms with van der Waals surface area (Å²) in [4.78, 5) is 13.3. The monoisotopic (exact) mass is 1260 g/mol. The van der Waals surface area contributed by atoms with Gasteiger partial charge >= 0.3 is 0 Å². The Labute approximate surface area is 499 Å². The number of ketones is 1. The summed E-state index contributed by atoms with van der Waals surface area (Å²) < 4.78 is 28.2. The Bertz CT molecular complexity index is 5360. The van der Waals surface area contributed by atoms with Gasteiger partial charge in [0.25, 0.3) is 0 Å². The molecule has 1 unspecified atom stereocenters. The summed E-state index contributed by atoms with van der Waals surface area (Å²) in [6.07, 6.45) is 0. The van der Waals surface area contributed by atoms with E-state index in [1.54, 1.807) is 0 Å². The van der Waals surface area contributed by atoms with E-state index in [4.69, 9.17) is 17.7 Å². The van der Waals surface area contributed by atoms with Gasteiger partial charge in [-0.3, -0.25) is 4.79 Å². The number of para-hydroxylation sites is 4. The second-order valence-electron chi connectivity index (χ2n) is 20.9. The highest BCUT2D eigenvalue weighted by Crippen LogP contribution is 2.60. The van der Waals surface area contributed by atoms with Crippen molar-refractivity contribution in [3.05, 3.63) is 284 Å². The van der Waals surface area contributed by atoms with E-state index in [0.717, 1.165) is 151 Å². The third kappa shape index (κ3) is 7.51. The van der Waals surface area contributed by atoms with Gasteiger partial charge in [0.05, 0.1) is 0 Å². The predicted molar refractivity (Wildman–Crippen MR) is 345 cm³/mol. The van der Waals surface area contributed by atoms with Crippen LogP contribution in [0.25, 0.3) is 132 Å². The summed E-state index contributed by atoms with van der Waals surface area (Å²) in [6.45, 7) is 0. The lowest BCUT2D eigenvalue weighted by Crippen LogP contribution is -2.27. The molecule has 9 heteroatoms. The molecule has 0 saturated carbocycles. The molecule has 12 aromatic carbocycles. The van der Waals surface area contributed by atoms with E-state index in [2.05, 4.69) is 121 Å². The third-order valence-corrected chi connectivity index (χ3v) is 18.4. The maximum absolute atomic E-state index is 13.3. The van der Waals surface area contributed by atoms with Crippen molar-refractivity contribution in [2.24, 2.45) is 0 Å². The second kappa shape index (κ2) is 19.3. The first-order chi connectivity index (χ1) is 40.7. The van der Waals surface area contributed by atoms with Crippen molar-refractivity contribution in [2.45, 2.75) is 5.60 Å². The quantitative estimate of drug-likeness (QED) is 0.190. The maximum Gasteiger partial charge on any atom is 0.194 e. The van der Waals surface area contributed by atoms with Gasteiger partial charge in [0.15, 0.2) is 5.78 Å². The first-order valence-electron chi connectivity index (χ1n) is 27.1. The molecule has 16 aromatic rings. The van der Waals surface area contributed by atoms with Gasteiger partial charge in [-0.25, -0.2) is 0 Å². The van der Waals surface area contributed by atoms with Crippen LogP contribution in [0.2, 0.25) is 0 Å². The number of carbonyl (C=O) groups excluding carboxylic acids is 1. The van der Waals surface area contributed by atoms with Crippen molar-refractivity contribution in [2.75, 3.05) is 0 Å². The number of aliphatic hydroxyl groups is 1. The normalized spacial score (nSPS) is 14.1. The smallest absolute Gasteiger partial charge is 0.194 e. The summed E-state index contributed by atoms with van der Waals surface area (Å²) in [5, 5.41) is 21.3. The molecule has 6 nitrogen and oxygen atoms in total. The van der Waals surface area contributed by atoms with Crippen molar-refractivity contribution < 1.29 is 27.6 Å². The summed E-state index contributed by atoms with van der Waals surface area (Å²) >= 11 is 11.1. The highest BCUT2D eigenvalue weighted by molar-refractivity contribution is 9.11. The number of rotatable bonds is 3. The molecule has 4 heterocycles. The lowest BCUT2D eigenvalue weighted by atomic mass is 9.80. The summed E-state index contributed by atoms with van der Waals surface area (Å²) in [5.41, 5.74) is 16.7. The number of carbonyl (C=O) groups is 1. The molecule has 4 aromatic heterocycles. The highest BCUT2D eigenvalue weighted by Gasteiger charge is 2.48. The van der Waals surface area contributed by atoms with Crippen LogP contribution in [-0.2, 0) is 5.60 Å². The van der Waals surface area contributed by atoms with Crippen molar-refractivity contribution in [3.63, 3.8) is 0 Å². The number of furan rings is 4. The van der Waals surface area contributed by atoms with Gasteiger partial charge in [-0.15, -0.1) is 0 Å². The molecule has 394 valence electrons. The fourth-order valence-corrected chi connectivity index (χ4v) is 14.6. The Morgan fingerprint density at radius 3 is 1.34 bits per heavy atom. The molecular formula is C74H41Br3O6. The van der Waals surface area contributed by atoms with Gasteiger partial charge in [-0.2, -0.15) is 0 Å². The van der Waals surface area contributed by atoms with E-state index in [9.17, 15) is 9.90 Å². The van der Waals surface area contributed by atoms with E-state index in [1.807, 2.05) is 170 Å². The molecule has 2 aliphatic carbocycles. The number of hydrogen-bond acceptors (Lipinski definition) is 6. The van der Waals surface area contributed by atoms with Crippen LogP contribution in [0.4, 0.5) is 0 Å². The second-order valence-corrected chi connectivity index (χ2v) is 23.4. The molecule has 2 aliphatic rings. The molecule has 0 aliphatic heterocycles. The number of hydrogen-bond donors (Lipinski definition) is 1. The van der Waals surface area contributed by atoms with Gasteiger partial charge in [0.2, 0.25) is 0 Å². The van der Waals surface area contributed by atoms with E-state index >= 15 is 0 Å². The van der Waals surface area contributed by atoms with Crippen molar-refractivity contribution in [3.8, 4) is 44.5 Å². The van der Waals surface area contributed by atoms with Gasteiger partial charge in [-0.05, 0) is 115 Å². The fraction of sp³-hybridized carbons (Fsp3) is 0.0135. The Hall–Kier alpha value is -9.09. The van der Waals surface area contributed by atoms with E-state index in [1.165, 1.54) is 11.1 Å². The Kier molecular flexibility index (Phi) is 11.5. The minimum absolute atomic E-state index is 0.0187. The molecule has 0 radical (unpaired) electrons. The Morgan fingerprint density at radius 1 is 0.301 bits per heavy atom. The van der Waals surface area contributed by atoms with Crippen molar-refractivity contribution in [1.82, 2.24) is 0 Å². The first kappa shape index (κ1) is 49.7. The third-order valence-electron chi connectivity index (χ3n) is 16.4. The van der Waals surface area contributed by atoms with Crippen LogP contribution in [0.3, 0.4) is 0 Å². The number of benzene rings is 12. The van der Waals surface area contributed by atoms with Gasteiger partial charge in [0.1, 0.15) is 50.3 Å². The van der Waals surface area contributed by atoms with Crippen molar-refractivity contribution >= 4 is 141 Å². The van der Waals surface area contributed by atoms with Crippen LogP contribution in [0.15, 0.2) is 274 Å². The molecule has 0 spiro atoms. The zero-order valence-corrected chi connectivity index (χ0v) is 48.5. The first-order valence-corrected chi connectivity index (χ1v) is 29.5. The SMILES string of the molecule is Brc1ccccc1-c1ccccc1.O=C1c2cc(Br)c3c(oc4ccccc43)c2-c2c1ccc1oc3ccccc3c21.OC1(c2ccccc2-c2ccccc2)c2cc(Br)c3c(oc4ccccc43)c2-c2c1ccc1oc3ccccc3c21. The predicted octanol–water partition coefficient (Wildman–Crippen LogP) is 21.8. The van der Waals surface area contributed by atoms with Crippen LogP contribution in [0.5, 0.6) is 0 Å².